The highest BCUT2D eigenvalue weighted by Gasteiger charge is 2.26. The summed E-state index contributed by atoms with van der Waals surface area (Å²) in [7, 11) is -4.01. The zero-order chi connectivity index (χ0) is 24.5. The first-order valence-corrected chi connectivity index (χ1v) is 12.6. The van der Waals surface area contributed by atoms with Crippen molar-refractivity contribution in [3.8, 4) is 0 Å². The molecule has 3 aromatic rings. The molecule has 0 unspecified atom stereocenters. The topological polar surface area (TPSA) is 108 Å². The van der Waals surface area contributed by atoms with Crippen LogP contribution in [0.25, 0.3) is 10.9 Å². The largest absolute Gasteiger partial charge is 0.365 e. The standard InChI is InChI=1S/C23H24FN3O6S/c1-34(31,32)33-27-20-5-3-2-4-19(20)22(29)26(23(27)30)15-14-25-12-10-17(11-13-25)21(28)16-6-8-18(24)9-7-16/h2-9,17H,10-15H2,1H3. The maximum atomic E-state index is 13.1. The molecule has 0 bridgehead atoms. The van der Waals surface area contributed by atoms with Gasteiger partial charge in [-0.25, -0.2) is 9.18 Å². The highest BCUT2D eigenvalue weighted by atomic mass is 32.2. The van der Waals surface area contributed by atoms with E-state index in [-0.39, 0.29) is 29.1 Å². The highest BCUT2D eigenvalue weighted by molar-refractivity contribution is 7.86. The molecule has 9 nitrogen and oxygen atoms in total. The number of carbonyl (C=O) groups excluding carboxylic acids is 1. The van der Waals surface area contributed by atoms with Crippen LogP contribution in [0.5, 0.6) is 0 Å². The molecule has 0 amide bonds. The van der Waals surface area contributed by atoms with Crippen LogP contribution in [0.4, 0.5) is 4.39 Å². The number of ketones is 1. The van der Waals surface area contributed by atoms with Crippen molar-refractivity contribution in [1.29, 1.82) is 0 Å². The van der Waals surface area contributed by atoms with E-state index in [2.05, 4.69) is 0 Å². The Kier molecular flexibility index (Phi) is 6.67. The number of nitrogens with zero attached hydrogens (tertiary/aromatic N) is 3. The zero-order valence-corrected chi connectivity index (χ0v) is 19.3. The summed E-state index contributed by atoms with van der Waals surface area (Å²) in [5.41, 5.74) is -0.862. The molecule has 1 aliphatic heterocycles. The lowest BCUT2D eigenvalue weighted by Gasteiger charge is -2.31. The number of hydrogen-bond acceptors (Lipinski definition) is 7. The third-order valence-electron chi connectivity index (χ3n) is 5.94. The van der Waals surface area contributed by atoms with Crippen molar-refractivity contribution in [2.75, 3.05) is 25.9 Å². The van der Waals surface area contributed by atoms with Crippen LogP contribution in [0.1, 0.15) is 23.2 Å². The van der Waals surface area contributed by atoms with Crippen molar-refractivity contribution in [3.63, 3.8) is 0 Å². The first-order chi connectivity index (χ1) is 16.1. The van der Waals surface area contributed by atoms with E-state index in [1.165, 1.54) is 36.4 Å². The summed E-state index contributed by atoms with van der Waals surface area (Å²) in [6.45, 7) is 1.58. The Morgan fingerprint density at radius 1 is 1.03 bits per heavy atom. The lowest BCUT2D eigenvalue weighted by Crippen LogP contribution is -2.46. The molecule has 0 N–H and O–H groups in total. The van der Waals surface area contributed by atoms with E-state index in [9.17, 15) is 27.2 Å². The molecule has 34 heavy (non-hydrogen) atoms. The molecule has 0 aliphatic carbocycles. The van der Waals surface area contributed by atoms with Gasteiger partial charge < -0.3 is 4.90 Å². The summed E-state index contributed by atoms with van der Waals surface area (Å²) >= 11 is 0. The van der Waals surface area contributed by atoms with Crippen molar-refractivity contribution in [1.82, 2.24) is 14.2 Å². The van der Waals surface area contributed by atoms with Gasteiger partial charge >= 0.3 is 15.8 Å². The number of Topliss-reactive ketones (excluding diaryl/α,β-unsaturated/α-hetero) is 1. The minimum atomic E-state index is -4.01. The normalized spacial score (nSPS) is 15.5. The second-order valence-electron chi connectivity index (χ2n) is 8.32. The number of likely N-dealkylation sites (tertiary alicyclic amines) is 1. The number of fused-ring (bicyclic) bond motifs is 1. The number of piperidine rings is 1. The molecule has 0 radical (unpaired) electrons. The van der Waals surface area contributed by atoms with Crippen molar-refractivity contribution in [3.05, 3.63) is 80.7 Å². The predicted molar refractivity (Wildman–Crippen MR) is 124 cm³/mol. The molecule has 0 spiro atoms. The molecule has 180 valence electrons. The number of para-hydroxylation sites is 1. The van der Waals surface area contributed by atoms with Gasteiger partial charge in [-0.1, -0.05) is 12.1 Å². The van der Waals surface area contributed by atoms with Gasteiger partial charge in [0.05, 0.1) is 17.2 Å². The molecule has 11 heteroatoms. The van der Waals surface area contributed by atoms with E-state index < -0.39 is 27.2 Å². The molecule has 2 heterocycles. The number of aromatic nitrogens is 2. The molecular formula is C23H24FN3O6S. The Labute approximate surface area is 195 Å². The Balaban J connectivity index is 1.48. The number of halogens is 1. The SMILES string of the molecule is CS(=O)(=O)On1c(=O)n(CCN2CCC(C(=O)c3ccc(F)cc3)CC2)c(=O)c2ccccc21. The molecule has 1 saturated heterocycles. The van der Waals surface area contributed by atoms with Crippen LogP contribution in [0.15, 0.2) is 58.1 Å². The summed E-state index contributed by atoms with van der Waals surface area (Å²) in [4.78, 5) is 40.5. The summed E-state index contributed by atoms with van der Waals surface area (Å²) < 4.78 is 42.9. The van der Waals surface area contributed by atoms with Crippen molar-refractivity contribution in [2.45, 2.75) is 19.4 Å². The summed E-state index contributed by atoms with van der Waals surface area (Å²) in [6, 6.07) is 11.6. The first kappa shape index (κ1) is 23.8. The molecule has 4 rings (SSSR count). The fourth-order valence-corrected chi connectivity index (χ4v) is 4.61. The van der Waals surface area contributed by atoms with Gasteiger partial charge in [0.15, 0.2) is 5.78 Å². The van der Waals surface area contributed by atoms with Crippen LogP contribution in [0.3, 0.4) is 0 Å². The minimum Gasteiger partial charge on any atom is -0.302 e. The number of benzene rings is 2. The summed E-state index contributed by atoms with van der Waals surface area (Å²) in [6.07, 6.45) is 2.02. The molecule has 0 saturated carbocycles. The van der Waals surface area contributed by atoms with Crippen molar-refractivity contribution in [2.24, 2.45) is 5.92 Å². The molecule has 0 atom stereocenters. The third-order valence-corrected chi connectivity index (χ3v) is 6.36. The van der Waals surface area contributed by atoms with Gasteiger partial charge in [0, 0.05) is 24.6 Å². The smallest absolute Gasteiger partial charge is 0.302 e. The Bertz CT molecular complexity index is 1440. The van der Waals surface area contributed by atoms with Crippen LogP contribution < -0.4 is 15.5 Å². The Morgan fingerprint density at radius 3 is 2.32 bits per heavy atom. The van der Waals surface area contributed by atoms with Gasteiger partial charge in [-0.15, -0.1) is 4.73 Å². The van der Waals surface area contributed by atoms with Crippen LogP contribution >= 0.6 is 0 Å². The van der Waals surface area contributed by atoms with E-state index in [4.69, 9.17) is 4.28 Å². The zero-order valence-electron chi connectivity index (χ0n) is 18.5. The number of carbonyl (C=O) groups is 1. The maximum Gasteiger partial charge on any atom is 0.365 e. The fourth-order valence-electron chi connectivity index (χ4n) is 4.19. The predicted octanol–water partition coefficient (Wildman–Crippen LogP) is 1.29. The van der Waals surface area contributed by atoms with Gasteiger partial charge in [-0.2, -0.15) is 8.42 Å². The monoisotopic (exact) mass is 489 g/mol. The molecular weight excluding hydrogens is 465 g/mol. The van der Waals surface area contributed by atoms with Gasteiger partial charge in [-0.3, -0.25) is 18.4 Å². The van der Waals surface area contributed by atoms with E-state index in [0.717, 1.165) is 10.8 Å². The van der Waals surface area contributed by atoms with Gasteiger partial charge in [0.25, 0.3) is 5.56 Å². The number of hydrogen-bond donors (Lipinski definition) is 0. The minimum absolute atomic E-state index is 0.0220. The number of rotatable bonds is 7. The molecule has 1 fully saturated rings. The van der Waals surface area contributed by atoms with Gasteiger partial charge in [-0.05, 0) is 62.3 Å². The average molecular weight is 490 g/mol. The second-order valence-corrected chi connectivity index (χ2v) is 9.87. The van der Waals surface area contributed by atoms with E-state index in [1.54, 1.807) is 12.1 Å². The second kappa shape index (κ2) is 9.51. The Hall–Kier alpha value is -3.31. The quantitative estimate of drug-likeness (QED) is 0.460. The van der Waals surface area contributed by atoms with Crippen LogP contribution in [-0.4, -0.2) is 54.3 Å². The Morgan fingerprint density at radius 2 is 1.68 bits per heavy atom. The third kappa shape index (κ3) is 5.10. The van der Waals surface area contributed by atoms with Crippen molar-refractivity contribution >= 4 is 26.8 Å². The lowest BCUT2D eigenvalue weighted by molar-refractivity contribution is 0.0836. The molecule has 1 aliphatic rings. The van der Waals surface area contributed by atoms with E-state index in [1.807, 2.05) is 4.90 Å². The van der Waals surface area contributed by atoms with Gasteiger partial charge in [0.2, 0.25) is 0 Å². The highest BCUT2D eigenvalue weighted by Crippen LogP contribution is 2.22. The lowest BCUT2D eigenvalue weighted by atomic mass is 9.89. The van der Waals surface area contributed by atoms with E-state index >= 15 is 0 Å². The molecule has 1 aromatic heterocycles. The van der Waals surface area contributed by atoms with Gasteiger partial charge in [0.1, 0.15) is 5.82 Å². The molecule has 2 aromatic carbocycles. The van der Waals surface area contributed by atoms with E-state index in [0.29, 0.717) is 42.8 Å². The fraction of sp³-hybridized carbons (Fsp3) is 0.348. The summed E-state index contributed by atoms with van der Waals surface area (Å²) in [5.74, 6) is -0.590. The average Bonchev–Trinajstić information content (AvgIpc) is 2.81. The first-order valence-electron chi connectivity index (χ1n) is 10.8. The van der Waals surface area contributed by atoms with Crippen LogP contribution in [-0.2, 0) is 16.7 Å². The van der Waals surface area contributed by atoms with Crippen LogP contribution in [0.2, 0.25) is 0 Å². The van der Waals surface area contributed by atoms with Crippen LogP contribution in [0, 0.1) is 11.7 Å². The maximum absolute atomic E-state index is 13.1. The summed E-state index contributed by atoms with van der Waals surface area (Å²) in [5, 5.41) is 0.161. The van der Waals surface area contributed by atoms with Crippen molar-refractivity contribution < 1.29 is 21.9 Å².